The summed E-state index contributed by atoms with van der Waals surface area (Å²) in [6, 6.07) is 4.87. The van der Waals surface area contributed by atoms with E-state index in [4.69, 9.17) is 16.3 Å². The number of carbonyl (C=O) groups excluding carboxylic acids is 2. The highest BCUT2D eigenvalue weighted by Crippen LogP contribution is 2.25. The van der Waals surface area contributed by atoms with Crippen LogP contribution in [0.25, 0.3) is 5.69 Å². The van der Waals surface area contributed by atoms with Gasteiger partial charge in [-0.15, -0.1) is 0 Å². The minimum absolute atomic E-state index is 0.0285. The number of allylic oxidation sites excluding steroid dienone is 2. The van der Waals surface area contributed by atoms with Gasteiger partial charge in [0.25, 0.3) is 0 Å². The molecule has 118 valence electrons. The Morgan fingerprint density at radius 3 is 2.87 bits per heavy atom. The minimum Gasteiger partial charge on any atom is -0.427 e. The van der Waals surface area contributed by atoms with E-state index in [9.17, 15) is 9.59 Å². The number of rotatable bonds is 3. The number of ether oxygens (including phenoxy) is 1. The maximum absolute atomic E-state index is 12.3. The number of esters is 1. The number of nitrogens with zero attached hydrogens (tertiary/aromatic N) is 3. The zero-order valence-corrected chi connectivity index (χ0v) is 13.2. The fourth-order valence-electron chi connectivity index (χ4n) is 2.46. The Hall–Kier alpha value is -2.47. The highest BCUT2D eigenvalue weighted by Gasteiger charge is 2.21. The van der Waals surface area contributed by atoms with Crippen molar-refractivity contribution in [3.63, 3.8) is 0 Å². The van der Waals surface area contributed by atoms with E-state index >= 15 is 0 Å². The van der Waals surface area contributed by atoms with E-state index in [1.807, 2.05) is 6.92 Å². The van der Waals surface area contributed by atoms with Crippen molar-refractivity contribution in [3.8, 4) is 5.69 Å². The molecule has 6 nitrogen and oxygen atoms in total. The molecule has 3 rings (SSSR count). The van der Waals surface area contributed by atoms with Gasteiger partial charge in [-0.3, -0.25) is 4.79 Å². The van der Waals surface area contributed by atoms with Crippen LogP contribution in [0.4, 0.5) is 0 Å². The number of hydrogen-bond acceptors (Lipinski definition) is 5. The standard InChI is InChI=1S/C16H14ClN3O3/c1-10-4-12(21)7-13(5-10)23-16(22)14-3-2-11(6-15(14)17)20-9-18-8-19-20/h2-3,6-10H,4-5H2,1H3. The van der Waals surface area contributed by atoms with Crippen molar-refractivity contribution < 1.29 is 14.3 Å². The Balaban J connectivity index is 1.79. The van der Waals surface area contributed by atoms with Gasteiger partial charge in [0.05, 0.1) is 16.3 Å². The molecule has 0 N–H and O–H groups in total. The number of aromatic nitrogens is 3. The van der Waals surface area contributed by atoms with Crippen molar-refractivity contribution in [1.82, 2.24) is 14.8 Å². The first-order valence-corrected chi connectivity index (χ1v) is 7.51. The Morgan fingerprint density at radius 1 is 1.39 bits per heavy atom. The summed E-state index contributed by atoms with van der Waals surface area (Å²) in [5.74, 6) is -0.0527. The summed E-state index contributed by atoms with van der Waals surface area (Å²) in [4.78, 5) is 27.6. The molecular weight excluding hydrogens is 318 g/mol. The van der Waals surface area contributed by atoms with E-state index in [1.165, 1.54) is 23.4 Å². The van der Waals surface area contributed by atoms with Crippen molar-refractivity contribution in [2.45, 2.75) is 19.8 Å². The Kier molecular flexibility index (Phi) is 4.25. The van der Waals surface area contributed by atoms with Crippen molar-refractivity contribution in [1.29, 1.82) is 0 Å². The van der Waals surface area contributed by atoms with Crippen molar-refractivity contribution in [3.05, 3.63) is 53.3 Å². The maximum atomic E-state index is 12.3. The lowest BCUT2D eigenvalue weighted by atomic mass is 9.94. The average molecular weight is 332 g/mol. The van der Waals surface area contributed by atoms with E-state index in [2.05, 4.69) is 10.1 Å². The van der Waals surface area contributed by atoms with E-state index in [0.29, 0.717) is 24.3 Å². The lowest BCUT2D eigenvalue weighted by molar-refractivity contribution is -0.116. The maximum Gasteiger partial charge on any atom is 0.344 e. The molecule has 0 amide bonds. The molecule has 1 heterocycles. The van der Waals surface area contributed by atoms with Crippen LogP contribution in [0.3, 0.4) is 0 Å². The Morgan fingerprint density at radius 2 is 2.22 bits per heavy atom. The minimum atomic E-state index is -0.576. The quantitative estimate of drug-likeness (QED) is 0.808. The second-order valence-corrected chi connectivity index (χ2v) is 5.89. The third-order valence-electron chi connectivity index (χ3n) is 3.50. The van der Waals surface area contributed by atoms with Crippen LogP contribution >= 0.6 is 11.6 Å². The smallest absolute Gasteiger partial charge is 0.344 e. The largest absolute Gasteiger partial charge is 0.427 e. The second-order valence-electron chi connectivity index (χ2n) is 5.48. The first kappa shape index (κ1) is 15.4. The molecular formula is C16H14ClN3O3. The summed E-state index contributed by atoms with van der Waals surface area (Å²) in [5.41, 5.74) is 0.923. The van der Waals surface area contributed by atoms with Gasteiger partial charge in [0, 0.05) is 18.9 Å². The summed E-state index contributed by atoms with van der Waals surface area (Å²) >= 11 is 6.17. The van der Waals surface area contributed by atoms with Crippen molar-refractivity contribution in [2.24, 2.45) is 5.92 Å². The molecule has 7 heteroatoms. The molecule has 1 aromatic carbocycles. The van der Waals surface area contributed by atoms with Crippen LogP contribution in [-0.2, 0) is 9.53 Å². The van der Waals surface area contributed by atoms with E-state index in [0.717, 1.165) is 0 Å². The average Bonchev–Trinajstić information content (AvgIpc) is 2.99. The lowest BCUT2D eigenvalue weighted by Gasteiger charge is -2.18. The molecule has 1 aromatic heterocycles. The SMILES string of the molecule is CC1CC(=O)C=C(OC(=O)c2ccc(-n3cncn3)cc2Cl)C1. The van der Waals surface area contributed by atoms with Gasteiger partial charge in [-0.25, -0.2) is 14.5 Å². The van der Waals surface area contributed by atoms with Gasteiger partial charge in [-0.2, -0.15) is 5.10 Å². The van der Waals surface area contributed by atoms with Crippen LogP contribution < -0.4 is 0 Å². The fraction of sp³-hybridized carbons (Fsp3) is 0.250. The highest BCUT2D eigenvalue weighted by atomic mass is 35.5. The second kappa shape index (κ2) is 6.34. The van der Waals surface area contributed by atoms with Gasteiger partial charge >= 0.3 is 5.97 Å². The molecule has 1 aliphatic carbocycles. The number of halogens is 1. The number of ketones is 1. The first-order chi connectivity index (χ1) is 11.0. The molecule has 0 spiro atoms. The van der Waals surface area contributed by atoms with Crippen LogP contribution in [0.1, 0.15) is 30.1 Å². The Bertz CT molecular complexity index is 784. The van der Waals surface area contributed by atoms with Crippen LogP contribution in [-0.4, -0.2) is 26.5 Å². The van der Waals surface area contributed by atoms with Crippen LogP contribution in [0, 0.1) is 5.92 Å². The van der Waals surface area contributed by atoms with Gasteiger partial charge in [-0.1, -0.05) is 18.5 Å². The molecule has 23 heavy (non-hydrogen) atoms. The predicted octanol–water partition coefficient (Wildman–Crippen LogP) is 2.96. The van der Waals surface area contributed by atoms with Gasteiger partial charge in [0.15, 0.2) is 5.78 Å². The van der Waals surface area contributed by atoms with E-state index in [-0.39, 0.29) is 22.3 Å². The monoisotopic (exact) mass is 331 g/mol. The Labute approximate surface area is 137 Å². The normalized spacial score (nSPS) is 17.7. The van der Waals surface area contributed by atoms with Gasteiger partial charge in [0.2, 0.25) is 0 Å². The van der Waals surface area contributed by atoms with Crippen LogP contribution in [0.5, 0.6) is 0 Å². The molecule has 1 unspecified atom stereocenters. The van der Waals surface area contributed by atoms with Gasteiger partial charge < -0.3 is 4.74 Å². The molecule has 0 radical (unpaired) electrons. The van der Waals surface area contributed by atoms with Crippen LogP contribution in [0.2, 0.25) is 5.02 Å². The molecule has 1 atom stereocenters. The van der Waals surface area contributed by atoms with Crippen molar-refractivity contribution in [2.75, 3.05) is 0 Å². The zero-order valence-electron chi connectivity index (χ0n) is 12.4. The molecule has 0 saturated heterocycles. The molecule has 0 saturated carbocycles. The third kappa shape index (κ3) is 3.48. The molecule has 2 aromatic rings. The number of carbonyl (C=O) groups is 2. The number of hydrogen-bond donors (Lipinski definition) is 0. The topological polar surface area (TPSA) is 74.1 Å². The first-order valence-electron chi connectivity index (χ1n) is 7.13. The van der Waals surface area contributed by atoms with Gasteiger partial charge in [-0.05, 0) is 24.1 Å². The molecule has 0 fully saturated rings. The van der Waals surface area contributed by atoms with E-state index in [1.54, 1.807) is 18.2 Å². The predicted molar refractivity (Wildman–Crippen MR) is 83.3 cm³/mol. The fourth-order valence-corrected chi connectivity index (χ4v) is 2.71. The summed E-state index contributed by atoms with van der Waals surface area (Å²) in [6.45, 7) is 1.94. The number of benzene rings is 1. The summed E-state index contributed by atoms with van der Waals surface area (Å²) in [7, 11) is 0. The summed E-state index contributed by atoms with van der Waals surface area (Å²) in [5, 5.41) is 4.25. The lowest BCUT2D eigenvalue weighted by Crippen LogP contribution is -2.15. The molecule has 1 aliphatic rings. The molecule has 0 aliphatic heterocycles. The summed E-state index contributed by atoms with van der Waals surface area (Å²) < 4.78 is 6.84. The van der Waals surface area contributed by atoms with Crippen molar-refractivity contribution >= 4 is 23.4 Å². The molecule has 0 bridgehead atoms. The highest BCUT2D eigenvalue weighted by molar-refractivity contribution is 6.33. The zero-order chi connectivity index (χ0) is 16.4. The third-order valence-corrected chi connectivity index (χ3v) is 3.81. The summed E-state index contributed by atoms with van der Waals surface area (Å²) in [6.07, 6.45) is 5.36. The van der Waals surface area contributed by atoms with Crippen LogP contribution in [0.15, 0.2) is 42.7 Å². The van der Waals surface area contributed by atoms with Gasteiger partial charge in [0.1, 0.15) is 18.4 Å². The van der Waals surface area contributed by atoms with E-state index < -0.39 is 5.97 Å².